The SMILES string of the molecule is CCOC(=O)COCc1ccc(COc2cc(F)c([C@@H]3c4[nH]c5ccccc5c4C[C@@H](C)N3CC(C)(C)F)c(F)c2)cn1. The highest BCUT2D eigenvalue weighted by molar-refractivity contribution is 5.85. The summed E-state index contributed by atoms with van der Waals surface area (Å²) < 4.78 is 62.6. The summed E-state index contributed by atoms with van der Waals surface area (Å²) in [4.78, 5) is 20.9. The second-order valence-electron chi connectivity index (χ2n) is 11.5. The van der Waals surface area contributed by atoms with E-state index in [1.807, 2.05) is 36.1 Å². The number of H-pyrrole nitrogens is 1. The van der Waals surface area contributed by atoms with Gasteiger partial charge in [-0.2, -0.15) is 0 Å². The van der Waals surface area contributed by atoms with Gasteiger partial charge in [0, 0.05) is 58.6 Å². The Balaban J connectivity index is 1.36. The number of hydrogen-bond acceptors (Lipinski definition) is 6. The van der Waals surface area contributed by atoms with E-state index in [0.29, 0.717) is 23.4 Å². The van der Waals surface area contributed by atoms with Gasteiger partial charge in [0.05, 0.1) is 24.9 Å². The molecule has 7 nitrogen and oxygen atoms in total. The molecule has 43 heavy (non-hydrogen) atoms. The molecule has 2 aromatic heterocycles. The van der Waals surface area contributed by atoms with Crippen LogP contribution in [-0.4, -0.2) is 52.3 Å². The Morgan fingerprint density at radius 3 is 2.53 bits per heavy atom. The van der Waals surface area contributed by atoms with Crippen molar-refractivity contribution in [3.05, 3.63) is 94.4 Å². The van der Waals surface area contributed by atoms with E-state index in [0.717, 1.165) is 16.5 Å². The average Bonchev–Trinajstić information content (AvgIpc) is 3.31. The summed E-state index contributed by atoms with van der Waals surface area (Å²) in [6.45, 7) is 6.90. The third kappa shape index (κ3) is 7.02. The first kappa shape index (κ1) is 30.6. The number of aromatic amines is 1. The number of nitrogens with zero attached hydrogens (tertiary/aromatic N) is 2. The molecule has 0 spiro atoms. The average molecular weight is 596 g/mol. The quantitative estimate of drug-likeness (QED) is 0.197. The first-order chi connectivity index (χ1) is 20.5. The maximum absolute atomic E-state index is 15.9. The zero-order chi connectivity index (χ0) is 30.7. The highest BCUT2D eigenvalue weighted by atomic mass is 19.1. The standard InChI is InChI=1S/C33H36F3N3O4/c1-5-42-29(40)18-41-17-22-11-10-21(15-37-22)16-43-23-13-26(34)30(27(35)14-23)32-31-25(24-8-6-7-9-28(24)38-31)12-20(2)39(32)19-33(3,4)36/h6-11,13-15,20,32,38H,5,12,16-19H2,1-4H3/t20-,32-/m1/s1. The predicted molar refractivity (Wildman–Crippen MR) is 156 cm³/mol. The lowest BCUT2D eigenvalue weighted by Gasteiger charge is -2.43. The molecule has 4 aromatic rings. The van der Waals surface area contributed by atoms with Crippen molar-refractivity contribution in [2.75, 3.05) is 19.8 Å². The lowest BCUT2D eigenvalue weighted by molar-refractivity contribution is -0.148. The molecule has 3 heterocycles. The molecule has 2 atom stereocenters. The highest BCUT2D eigenvalue weighted by Gasteiger charge is 2.41. The molecule has 0 saturated heterocycles. The van der Waals surface area contributed by atoms with Crippen LogP contribution in [0.3, 0.4) is 0 Å². The number of alkyl halides is 1. The minimum Gasteiger partial charge on any atom is -0.489 e. The van der Waals surface area contributed by atoms with Crippen molar-refractivity contribution in [1.82, 2.24) is 14.9 Å². The van der Waals surface area contributed by atoms with Gasteiger partial charge in [-0.05, 0) is 51.8 Å². The smallest absolute Gasteiger partial charge is 0.332 e. The third-order valence-electron chi connectivity index (χ3n) is 7.47. The number of para-hydroxylation sites is 1. The van der Waals surface area contributed by atoms with E-state index in [1.54, 1.807) is 25.3 Å². The number of halogens is 3. The van der Waals surface area contributed by atoms with Crippen LogP contribution >= 0.6 is 0 Å². The fourth-order valence-corrected chi connectivity index (χ4v) is 5.64. The van der Waals surface area contributed by atoms with E-state index in [2.05, 4.69) is 9.97 Å². The maximum Gasteiger partial charge on any atom is 0.332 e. The van der Waals surface area contributed by atoms with Gasteiger partial charge in [0.2, 0.25) is 0 Å². The number of hydrogen-bond donors (Lipinski definition) is 1. The van der Waals surface area contributed by atoms with Crippen molar-refractivity contribution in [3.8, 4) is 5.75 Å². The summed E-state index contributed by atoms with van der Waals surface area (Å²) >= 11 is 0. The van der Waals surface area contributed by atoms with Gasteiger partial charge >= 0.3 is 5.97 Å². The zero-order valence-electron chi connectivity index (χ0n) is 24.8. The van der Waals surface area contributed by atoms with E-state index in [1.165, 1.54) is 26.0 Å². The van der Waals surface area contributed by atoms with Gasteiger partial charge in [0.1, 0.15) is 36.3 Å². The van der Waals surface area contributed by atoms with Crippen LogP contribution in [0.5, 0.6) is 5.75 Å². The predicted octanol–water partition coefficient (Wildman–Crippen LogP) is 6.58. The number of benzene rings is 2. The molecule has 0 radical (unpaired) electrons. The first-order valence-corrected chi connectivity index (χ1v) is 14.4. The van der Waals surface area contributed by atoms with Crippen molar-refractivity contribution in [2.24, 2.45) is 0 Å². The van der Waals surface area contributed by atoms with Gasteiger partial charge in [0.25, 0.3) is 0 Å². The van der Waals surface area contributed by atoms with Gasteiger partial charge in [-0.3, -0.25) is 9.88 Å². The zero-order valence-corrected chi connectivity index (χ0v) is 24.8. The number of carbonyl (C=O) groups excluding carboxylic acids is 1. The van der Waals surface area contributed by atoms with E-state index in [-0.39, 0.29) is 50.3 Å². The summed E-state index contributed by atoms with van der Waals surface area (Å²) in [5.41, 5.74) is 2.09. The van der Waals surface area contributed by atoms with Crippen molar-refractivity contribution in [3.63, 3.8) is 0 Å². The van der Waals surface area contributed by atoms with E-state index in [9.17, 15) is 9.18 Å². The Bertz CT molecular complexity index is 1560. The molecule has 1 N–H and O–H groups in total. The van der Waals surface area contributed by atoms with Gasteiger partial charge < -0.3 is 19.2 Å². The van der Waals surface area contributed by atoms with Crippen molar-refractivity contribution >= 4 is 16.9 Å². The molecule has 0 aliphatic carbocycles. The number of carbonyl (C=O) groups is 1. The Morgan fingerprint density at radius 1 is 1.12 bits per heavy atom. The Hall–Kier alpha value is -3.89. The summed E-state index contributed by atoms with van der Waals surface area (Å²) in [5.74, 6) is -1.96. The molecule has 0 saturated carbocycles. The Kier molecular flexibility index (Phi) is 9.08. The Morgan fingerprint density at radius 2 is 1.86 bits per heavy atom. The van der Waals surface area contributed by atoms with Crippen LogP contribution in [-0.2, 0) is 33.9 Å². The largest absolute Gasteiger partial charge is 0.489 e. The summed E-state index contributed by atoms with van der Waals surface area (Å²) in [6, 6.07) is 12.6. The van der Waals surface area contributed by atoms with Crippen LogP contribution in [0.15, 0.2) is 54.7 Å². The molecule has 1 aliphatic heterocycles. The number of pyridine rings is 1. The van der Waals surface area contributed by atoms with Crippen LogP contribution in [0.1, 0.15) is 61.8 Å². The van der Waals surface area contributed by atoms with Crippen LogP contribution in [0.4, 0.5) is 13.2 Å². The number of esters is 1. The third-order valence-corrected chi connectivity index (χ3v) is 7.47. The molecule has 0 unspecified atom stereocenters. The minimum atomic E-state index is -1.58. The topological polar surface area (TPSA) is 76.7 Å². The summed E-state index contributed by atoms with van der Waals surface area (Å²) in [6.07, 6.45) is 2.20. The first-order valence-electron chi connectivity index (χ1n) is 14.4. The van der Waals surface area contributed by atoms with Crippen LogP contribution in [0.2, 0.25) is 0 Å². The monoisotopic (exact) mass is 595 g/mol. The van der Waals surface area contributed by atoms with E-state index in [4.69, 9.17) is 14.2 Å². The molecule has 0 amide bonds. The number of nitrogens with one attached hydrogen (secondary N) is 1. The van der Waals surface area contributed by atoms with Gasteiger partial charge in [-0.1, -0.05) is 24.3 Å². The second-order valence-corrected chi connectivity index (χ2v) is 11.5. The molecular weight excluding hydrogens is 559 g/mol. The summed E-state index contributed by atoms with van der Waals surface area (Å²) in [5, 5.41) is 1.000. The number of fused-ring (bicyclic) bond motifs is 3. The van der Waals surface area contributed by atoms with Crippen LogP contribution in [0.25, 0.3) is 10.9 Å². The van der Waals surface area contributed by atoms with E-state index >= 15 is 8.78 Å². The Labute approximate surface area is 249 Å². The fourth-order valence-electron chi connectivity index (χ4n) is 5.64. The van der Waals surface area contributed by atoms with Crippen molar-refractivity contribution in [1.29, 1.82) is 0 Å². The molecule has 0 bridgehead atoms. The van der Waals surface area contributed by atoms with Gasteiger partial charge in [-0.15, -0.1) is 0 Å². The van der Waals surface area contributed by atoms with Crippen LogP contribution in [0, 0.1) is 11.6 Å². The molecule has 1 aliphatic rings. The maximum atomic E-state index is 15.9. The minimum absolute atomic E-state index is 0.00162. The number of ether oxygens (including phenoxy) is 3. The molecule has 5 rings (SSSR count). The fraction of sp³-hybridized carbons (Fsp3) is 0.394. The van der Waals surface area contributed by atoms with Gasteiger partial charge in [0.15, 0.2) is 0 Å². The second kappa shape index (κ2) is 12.8. The van der Waals surface area contributed by atoms with Crippen molar-refractivity contribution in [2.45, 2.75) is 65.1 Å². The van der Waals surface area contributed by atoms with Gasteiger partial charge in [-0.25, -0.2) is 18.0 Å². The molecule has 228 valence electrons. The summed E-state index contributed by atoms with van der Waals surface area (Å²) in [7, 11) is 0. The number of aromatic nitrogens is 2. The lowest BCUT2D eigenvalue weighted by Crippen LogP contribution is -2.48. The lowest BCUT2D eigenvalue weighted by atomic mass is 9.87. The van der Waals surface area contributed by atoms with Crippen molar-refractivity contribution < 1.29 is 32.2 Å². The molecular formula is C33H36F3N3O4. The highest BCUT2D eigenvalue weighted by Crippen LogP contribution is 2.43. The normalized spacial score (nSPS) is 17.2. The molecule has 2 aromatic carbocycles. The molecule has 10 heteroatoms. The van der Waals surface area contributed by atoms with Crippen LogP contribution < -0.4 is 4.74 Å². The number of rotatable bonds is 11. The molecule has 0 fully saturated rings. The van der Waals surface area contributed by atoms with E-state index < -0.39 is 29.3 Å².